The molecule has 0 saturated carbocycles. The van der Waals surface area contributed by atoms with E-state index < -0.39 is 10.0 Å². The molecular formula is C19H24N6O2S2. The van der Waals surface area contributed by atoms with Crippen molar-refractivity contribution < 1.29 is 8.42 Å². The first-order valence-corrected chi connectivity index (χ1v) is 11.7. The van der Waals surface area contributed by atoms with Crippen LogP contribution in [0.4, 0.5) is 0 Å². The maximum absolute atomic E-state index is 12.3. The van der Waals surface area contributed by atoms with Crippen LogP contribution in [0.2, 0.25) is 0 Å². The number of H-pyrrole nitrogens is 1. The Kier molecular flexibility index (Phi) is 5.66. The van der Waals surface area contributed by atoms with Crippen LogP contribution in [0.25, 0.3) is 5.69 Å². The summed E-state index contributed by atoms with van der Waals surface area (Å²) < 4.78 is 30.4. The van der Waals surface area contributed by atoms with Gasteiger partial charge in [0.25, 0.3) is 0 Å². The summed E-state index contributed by atoms with van der Waals surface area (Å²) >= 11 is 5.46. The molecule has 1 aliphatic heterocycles. The Labute approximate surface area is 175 Å². The predicted molar refractivity (Wildman–Crippen MR) is 113 cm³/mol. The molecule has 0 bridgehead atoms. The molecule has 154 valence electrons. The van der Waals surface area contributed by atoms with Crippen molar-refractivity contribution in [1.82, 2.24) is 28.9 Å². The minimum Gasteiger partial charge on any atom is -0.269 e. The number of piperidine rings is 1. The van der Waals surface area contributed by atoms with Gasteiger partial charge in [-0.05, 0) is 37.5 Å². The summed E-state index contributed by atoms with van der Waals surface area (Å²) in [5, 5.41) is 11.8. The van der Waals surface area contributed by atoms with Gasteiger partial charge in [-0.15, -0.1) is 0 Å². The third kappa shape index (κ3) is 4.19. The first kappa shape index (κ1) is 20.0. The van der Waals surface area contributed by atoms with E-state index >= 15 is 0 Å². The van der Waals surface area contributed by atoms with Crippen LogP contribution in [-0.4, -0.2) is 56.1 Å². The molecule has 0 radical (unpaired) electrons. The highest BCUT2D eigenvalue weighted by atomic mass is 32.2. The summed E-state index contributed by atoms with van der Waals surface area (Å²) in [5.41, 5.74) is 1.98. The molecule has 29 heavy (non-hydrogen) atoms. The van der Waals surface area contributed by atoms with Crippen molar-refractivity contribution in [2.24, 2.45) is 0 Å². The average molecular weight is 433 g/mol. The third-order valence-corrected chi connectivity index (χ3v) is 7.39. The van der Waals surface area contributed by atoms with Crippen molar-refractivity contribution in [3.8, 4) is 5.69 Å². The quantitative estimate of drug-likeness (QED) is 0.605. The van der Waals surface area contributed by atoms with Crippen LogP contribution in [-0.2, 0) is 16.6 Å². The minimum atomic E-state index is -3.22. The fourth-order valence-corrected chi connectivity index (χ4v) is 5.17. The van der Waals surface area contributed by atoms with Crippen LogP contribution in [0.1, 0.15) is 37.1 Å². The molecule has 1 aromatic carbocycles. The van der Waals surface area contributed by atoms with Gasteiger partial charge in [0.2, 0.25) is 10.0 Å². The largest absolute Gasteiger partial charge is 0.269 e. The van der Waals surface area contributed by atoms with E-state index in [0.29, 0.717) is 24.4 Å². The Morgan fingerprint density at radius 2 is 2.07 bits per heavy atom. The van der Waals surface area contributed by atoms with Gasteiger partial charge in [-0.1, -0.05) is 30.3 Å². The smallest absolute Gasteiger partial charge is 0.213 e. The highest BCUT2D eigenvalue weighted by Gasteiger charge is 2.31. The molecule has 1 fully saturated rings. The highest BCUT2D eigenvalue weighted by molar-refractivity contribution is 7.89. The van der Waals surface area contributed by atoms with Gasteiger partial charge < -0.3 is 0 Å². The van der Waals surface area contributed by atoms with Crippen LogP contribution in [0.3, 0.4) is 0 Å². The zero-order valence-corrected chi connectivity index (χ0v) is 17.9. The SMILES string of the molecule is CCS(=O)(=O)N1CCC[C@@H](c2n[nH]c(=S)n2-c2cnn(Cc3ccccc3)c2)C1. The Morgan fingerprint density at radius 3 is 2.83 bits per heavy atom. The lowest BCUT2D eigenvalue weighted by Crippen LogP contribution is -2.40. The second kappa shape index (κ2) is 8.21. The van der Waals surface area contributed by atoms with Crippen molar-refractivity contribution in [2.75, 3.05) is 18.8 Å². The molecule has 8 nitrogen and oxygen atoms in total. The van der Waals surface area contributed by atoms with Gasteiger partial charge in [0.05, 0.1) is 24.2 Å². The van der Waals surface area contributed by atoms with Gasteiger partial charge in [0.1, 0.15) is 5.82 Å². The summed E-state index contributed by atoms with van der Waals surface area (Å²) in [5.74, 6) is 0.847. The van der Waals surface area contributed by atoms with Gasteiger partial charge in [0.15, 0.2) is 4.77 Å². The lowest BCUT2D eigenvalue weighted by Gasteiger charge is -2.31. The fraction of sp³-hybridized carbons (Fsp3) is 0.421. The topological polar surface area (TPSA) is 88.8 Å². The summed E-state index contributed by atoms with van der Waals surface area (Å²) in [6, 6.07) is 10.1. The number of nitrogens with one attached hydrogen (secondary N) is 1. The summed E-state index contributed by atoms with van der Waals surface area (Å²) in [4.78, 5) is 0. The Morgan fingerprint density at radius 1 is 1.28 bits per heavy atom. The van der Waals surface area contributed by atoms with E-state index in [1.165, 1.54) is 0 Å². The number of rotatable bonds is 6. The van der Waals surface area contributed by atoms with E-state index in [1.54, 1.807) is 17.4 Å². The highest BCUT2D eigenvalue weighted by Crippen LogP contribution is 2.29. The first-order chi connectivity index (χ1) is 14.0. The van der Waals surface area contributed by atoms with Gasteiger partial charge in [0, 0.05) is 25.2 Å². The fourth-order valence-electron chi connectivity index (χ4n) is 3.75. The normalized spacial score (nSPS) is 18.2. The standard InChI is InChI=1S/C19H24N6O2S2/c1-2-29(26,27)24-10-6-9-16(13-24)18-21-22-19(28)25(18)17-11-20-23(14-17)12-15-7-4-3-5-8-15/h3-5,7-8,11,14,16H,2,6,9-10,12-13H2,1H3,(H,22,28)/t16-/m1/s1. The first-order valence-electron chi connectivity index (χ1n) is 9.70. The summed E-state index contributed by atoms with van der Waals surface area (Å²) in [6.45, 7) is 3.32. The molecule has 1 atom stereocenters. The molecule has 3 heterocycles. The van der Waals surface area contributed by atoms with Crippen molar-refractivity contribution in [2.45, 2.75) is 32.2 Å². The molecular weight excluding hydrogens is 408 g/mol. The maximum Gasteiger partial charge on any atom is 0.213 e. The lowest BCUT2D eigenvalue weighted by molar-refractivity contribution is 0.308. The molecule has 0 unspecified atom stereocenters. The van der Waals surface area contributed by atoms with Crippen LogP contribution in [0.15, 0.2) is 42.7 Å². The lowest BCUT2D eigenvalue weighted by atomic mass is 9.99. The Balaban J connectivity index is 1.61. The second-order valence-corrected chi connectivity index (χ2v) is 9.85. The number of aromatic nitrogens is 5. The van der Waals surface area contributed by atoms with E-state index in [-0.39, 0.29) is 11.7 Å². The van der Waals surface area contributed by atoms with E-state index in [2.05, 4.69) is 27.4 Å². The molecule has 10 heteroatoms. The number of hydrogen-bond acceptors (Lipinski definition) is 5. The van der Waals surface area contributed by atoms with Crippen LogP contribution < -0.4 is 0 Å². The van der Waals surface area contributed by atoms with E-state index in [9.17, 15) is 8.42 Å². The third-order valence-electron chi connectivity index (χ3n) is 5.27. The molecule has 0 amide bonds. The van der Waals surface area contributed by atoms with Crippen LogP contribution >= 0.6 is 12.2 Å². The summed E-state index contributed by atoms with van der Waals surface area (Å²) in [7, 11) is -3.22. The Bertz CT molecular complexity index is 1130. The minimum absolute atomic E-state index is 0.0181. The van der Waals surface area contributed by atoms with Crippen molar-refractivity contribution in [1.29, 1.82) is 0 Å². The number of nitrogens with zero attached hydrogens (tertiary/aromatic N) is 5. The van der Waals surface area contributed by atoms with Crippen molar-refractivity contribution in [3.63, 3.8) is 0 Å². The predicted octanol–water partition coefficient (Wildman–Crippen LogP) is 2.70. The van der Waals surface area contributed by atoms with E-state index in [0.717, 1.165) is 29.9 Å². The second-order valence-electron chi connectivity index (χ2n) is 7.20. The van der Waals surface area contributed by atoms with Crippen LogP contribution in [0.5, 0.6) is 0 Å². The molecule has 1 saturated heterocycles. The number of benzene rings is 1. The van der Waals surface area contributed by atoms with Crippen molar-refractivity contribution in [3.05, 3.63) is 58.9 Å². The molecule has 3 aromatic rings. The maximum atomic E-state index is 12.3. The molecule has 4 rings (SSSR count). The number of hydrogen-bond donors (Lipinski definition) is 1. The number of sulfonamides is 1. The molecule has 2 aromatic heterocycles. The monoisotopic (exact) mass is 432 g/mol. The van der Waals surface area contributed by atoms with Gasteiger partial charge in [-0.2, -0.15) is 10.2 Å². The van der Waals surface area contributed by atoms with Crippen molar-refractivity contribution >= 4 is 22.2 Å². The number of aromatic amines is 1. The zero-order valence-electron chi connectivity index (χ0n) is 16.2. The summed E-state index contributed by atoms with van der Waals surface area (Å²) in [6.07, 6.45) is 5.37. The average Bonchev–Trinajstić information content (AvgIpc) is 3.35. The molecule has 1 N–H and O–H groups in total. The molecule has 0 aliphatic carbocycles. The molecule has 0 spiro atoms. The Hall–Kier alpha value is -2.30. The van der Waals surface area contributed by atoms with E-state index in [1.807, 2.05) is 33.6 Å². The zero-order chi connectivity index (χ0) is 20.4. The van der Waals surface area contributed by atoms with Gasteiger partial charge in [-0.3, -0.25) is 14.3 Å². The van der Waals surface area contributed by atoms with Gasteiger partial charge >= 0.3 is 0 Å². The van der Waals surface area contributed by atoms with Gasteiger partial charge in [-0.25, -0.2) is 12.7 Å². The molecule has 1 aliphatic rings. The van der Waals surface area contributed by atoms with E-state index in [4.69, 9.17) is 12.2 Å². The van der Waals surface area contributed by atoms with Crippen LogP contribution in [0, 0.1) is 4.77 Å².